The van der Waals surface area contributed by atoms with E-state index in [-0.39, 0.29) is 22.8 Å². The number of rotatable bonds is 7. The van der Waals surface area contributed by atoms with Crippen LogP contribution in [0.3, 0.4) is 0 Å². The number of carbonyl (C=O) groups excluding carboxylic acids is 1. The van der Waals surface area contributed by atoms with E-state index < -0.39 is 12.0 Å². The molecule has 0 amide bonds. The van der Waals surface area contributed by atoms with Crippen molar-refractivity contribution in [1.29, 1.82) is 0 Å². The molecule has 0 unspecified atom stereocenters. The van der Waals surface area contributed by atoms with Crippen molar-refractivity contribution in [3.05, 3.63) is 82.5 Å². The molecule has 196 valence electrons. The van der Waals surface area contributed by atoms with Gasteiger partial charge in [0.15, 0.2) is 16.3 Å². The largest absolute Gasteiger partial charge is 0.496 e. The maximum absolute atomic E-state index is 13.8. The SMILES string of the molecule is C#CCOc1c(Cl)cc(/C=c2\sc3n(c2=O)[C@H](c2cc(Cl)ccc2OC)C(C(=O)OC)=C(C)N=3)cc1OC. The van der Waals surface area contributed by atoms with Gasteiger partial charge in [0, 0.05) is 10.6 Å². The fourth-order valence-corrected chi connectivity index (χ4v) is 5.63. The van der Waals surface area contributed by atoms with Crippen molar-refractivity contribution in [2.24, 2.45) is 4.99 Å². The standard InChI is InChI=1S/C27H22Cl2N2O6S/c1-6-9-37-24-18(29)10-15(11-20(24)35-4)12-21-25(32)31-23(17-13-16(28)7-8-19(17)34-3)22(26(33)36-5)14(2)30-27(31)38-21/h1,7-8,10-13,23H,9H2,2-5H3/b21-12-/t23-/m1/s1. The lowest BCUT2D eigenvalue weighted by molar-refractivity contribution is -0.136. The first kappa shape index (κ1) is 27.3. The van der Waals surface area contributed by atoms with Gasteiger partial charge in [0.1, 0.15) is 18.4 Å². The van der Waals surface area contributed by atoms with Crippen LogP contribution in [-0.2, 0) is 9.53 Å². The van der Waals surface area contributed by atoms with Crippen LogP contribution in [0.1, 0.15) is 24.1 Å². The lowest BCUT2D eigenvalue weighted by Crippen LogP contribution is -2.40. The minimum Gasteiger partial charge on any atom is -0.496 e. The van der Waals surface area contributed by atoms with E-state index >= 15 is 0 Å². The third-order valence-corrected chi connectivity index (χ3v) is 7.26. The summed E-state index contributed by atoms with van der Waals surface area (Å²) in [6, 6.07) is 7.43. The first-order valence-electron chi connectivity index (χ1n) is 11.1. The molecule has 2 aromatic carbocycles. The van der Waals surface area contributed by atoms with Crippen molar-refractivity contribution in [3.8, 4) is 29.6 Å². The molecule has 0 saturated heterocycles. The second-order valence-electron chi connectivity index (χ2n) is 7.99. The average Bonchev–Trinajstić information content (AvgIpc) is 3.20. The van der Waals surface area contributed by atoms with Crippen LogP contribution in [0.4, 0.5) is 0 Å². The Bertz CT molecular complexity index is 1680. The highest BCUT2D eigenvalue weighted by Crippen LogP contribution is 2.38. The van der Waals surface area contributed by atoms with Crippen molar-refractivity contribution in [1.82, 2.24) is 4.57 Å². The number of hydrogen-bond acceptors (Lipinski definition) is 8. The molecule has 0 bridgehead atoms. The van der Waals surface area contributed by atoms with E-state index in [9.17, 15) is 9.59 Å². The molecule has 0 N–H and O–H groups in total. The van der Waals surface area contributed by atoms with Gasteiger partial charge in [-0.05, 0) is 48.9 Å². The number of terminal acetylenes is 1. The average molecular weight is 573 g/mol. The number of allylic oxidation sites excluding steroid dienone is 1. The molecule has 8 nitrogen and oxygen atoms in total. The number of ether oxygens (including phenoxy) is 4. The smallest absolute Gasteiger partial charge is 0.338 e. The zero-order valence-corrected chi connectivity index (χ0v) is 23.2. The van der Waals surface area contributed by atoms with Crippen LogP contribution in [0.25, 0.3) is 6.08 Å². The molecule has 3 aromatic rings. The van der Waals surface area contributed by atoms with Crippen LogP contribution >= 0.6 is 34.5 Å². The molecule has 1 aliphatic rings. The van der Waals surface area contributed by atoms with Crippen LogP contribution in [0.2, 0.25) is 10.0 Å². The predicted molar refractivity (Wildman–Crippen MR) is 146 cm³/mol. The minimum absolute atomic E-state index is 0.0167. The number of thiazole rings is 1. The topological polar surface area (TPSA) is 88.4 Å². The third-order valence-electron chi connectivity index (χ3n) is 5.76. The van der Waals surface area contributed by atoms with Crippen molar-refractivity contribution < 1.29 is 23.7 Å². The van der Waals surface area contributed by atoms with Gasteiger partial charge in [-0.3, -0.25) is 9.36 Å². The highest BCUT2D eigenvalue weighted by molar-refractivity contribution is 7.07. The summed E-state index contributed by atoms with van der Waals surface area (Å²) in [5, 5.41) is 0.680. The molecular formula is C27H22Cl2N2O6S. The predicted octanol–water partition coefficient (Wildman–Crippen LogP) is 3.74. The summed E-state index contributed by atoms with van der Waals surface area (Å²) in [7, 11) is 4.24. The van der Waals surface area contributed by atoms with E-state index in [0.717, 1.165) is 11.3 Å². The number of nitrogens with zero attached hydrogens (tertiary/aromatic N) is 2. The van der Waals surface area contributed by atoms with Crippen LogP contribution < -0.4 is 29.1 Å². The fraction of sp³-hybridized carbons (Fsp3) is 0.222. The number of fused-ring (bicyclic) bond motifs is 1. The Morgan fingerprint density at radius 1 is 1.18 bits per heavy atom. The molecule has 11 heteroatoms. The van der Waals surface area contributed by atoms with Gasteiger partial charge in [0.05, 0.1) is 42.2 Å². The van der Waals surface area contributed by atoms with Crippen LogP contribution in [0.5, 0.6) is 17.2 Å². The summed E-state index contributed by atoms with van der Waals surface area (Å²) in [5.74, 6) is 2.87. The number of methoxy groups -OCH3 is 3. The van der Waals surface area contributed by atoms with Crippen LogP contribution in [0, 0.1) is 12.3 Å². The normalized spacial score (nSPS) is 14.9. The van der Waals surface area contributed by atoms with Gasteiger partial charge in [0.25, 0.3) is 5.56 Å². The monoisotopic (exact) mass is 572 g/mol. The van der Waals surface area contributed by atoms with Crippen molar-refractivity contribution in [2.75, 3.05) is 27.9 Å². The van der Waals surface area contributed by atoms with Crippen molar-refractivity contribution in [3.63, 3.8) is 0 Å². The minimum atomic E-state index is -0.882. The number of hydrogen-bond donors (Lipinski definition) is 0. The number of esters is 1. The number of carbonyl (C=O) groups is 1. The molecule has 0 aliphatic carbocycles. The molecule has 0 radical (unpaired) electrons. The molecule has 0 saturated carbocycles. The fourth-order valence-electron chi connectivity index (χ4n) is 4.13. The van der Waals surface area contributed by atoms with E-state index in [4.69, 9.17) is 48.6 Å². The second-order valence-corrected chi connectivity index (χ2v) is 9.84. The van der Waals surface area contributed by atoms with Gasteiger partial charge in [-0.1, -0.05) is 40.5 Å². The van der Waals surface area contributed by atoms with E-state index in [1.54, 1.807) is 43.3 Å². The maximum Gasteiger partial charge on any atom is 0.338 e. The Kier molecular flexibility index (Phi) is 8.17. The van der Waals surface area contributed by atoms with E-state index in [1.807, 2.05) is 0 Å². The van der Waals surface area contributed by atoms with Crippen LogP contribution in [-0.4, -0.2) is 38.5 Å². The summed E-state index contributed by atoms with van der Waals surface area (Å²) in [5.41, 5.74) is 1.34. The quantitative estimate of drug-likeness (QED) is 0.316. The highest BCUT2D eigenvalue weighted by Gasteiger charge is 2.35. The first-order chi connectivity index (χ1) is 18.2. The Morgan fingerprint density at radius 2 is 1.92 bits per heavy atom. The van der Waals surface area contributed by atoms with Gasteiger partial charge < -0.3 is 18.9 Å². The molecule has 1 aliphatic heterocycles. The summed E-state index contributed by atoms with van der Waals surface area (Å²) >= 11 is 13.9. The Balaban J connectivity index is 1.96. The van der Waals surface area contributed by atoms with E-state index in [0.29, 0.717) is 48.4 Å². The maximum atomic E-state index is 13.8. The molecule has 2 heterocycles. The third kappa shape index (κ3) is 5.03. The molecule has 0 fully saturated rings. The summed E-state index contributed by atoms with van der Waals surface area (Å²) in [6.07, 6.45) is 6.94. The summed E-state index contributed by atoms with van der Waals surface area (Å²) in [4.78, 5) is 31.7. The molecule has 4 rings (SSSR count). The van der Waals surface area contributed by atoms with Crippen LogP contribution in [0.15, 0.2) is 51.4 Å². The number of aromatic nitrogens is 1. The molecule has 0 spiro atoms. The lowest BCUT2D eigenvalue weighted by atomic mass is 9.95. The van der Waals surface area contributed by atoms with E-state index in [1.165, 1.54) is 25.9 Å². The Hall–Kier alpha value is -3.71. The molecule has 1 atom stereocenters. The highest BCUT2D eigenvalue weighted by atomic mass is 35.5. The number of benzene rings is 2. The summed E-state index contributed by atoms with van der Waals surface area (Å²) in [6.45, 7) is 1.70. The van der Waals surface area contributed by atoms with Gasteiger partial charge in [-0.25, -0.2) is 9.79 Å². The molecular weight excluding hydrogens is 551 g/mol. The Labute approximate surface area is 232 Å². The van der Waals surface area contributed by atoms with Gasteiger partial charge in [0.2, 0.25) is 0 Å². The lowest BCUT2D eigenvalue weighted by Gasteiger charge is -2.25. The Morgan fingerprint density at radius 3 is 2.58 bits per heavy atom. The molecule has 1 aromatic heterocycles. The van der Waals surface area contributed by atoms with Crippen molar-refractivity contribution >= 4 is 46.6 Å². The second kappa shape index (κ2) is 11.4. The summed E-state index contributed by atoms with van der Waals surface area (Å²) < 4.78 is 23.3. The van der Waals surface area contributed by atoms with Gasteiger partial charge in [-0.15, -0.1) is 6.42 Å². The zero-order chi connectivity index (χ0) is 27.6. The number of halogens is 2. The van der Waals surface area contributed by atoms with E-state index in [2.05, 4.69) is 10.9 Å². The van der Waals surface area contributed by atoms with Gasteiger partial charge >= 0.3 is 5.97 Å². The zero-order valence-electron chi connectivity index (χ0n) is 20.8. The first-order valence-corrected chi connectivity index (χ1v) is 12.7. The van der Waals surface area contributed by atoms with Gasteiger partial charge in [-0.2, -0.15) is 0 Å². The van der Waals surface area contributed by atoms with Crippen molar-refractivity contribution in [2.45, 2.75) is 13.0 Å². The molecule has 38 heavy (non-hydrogen) atoms.